The minimum absolute atomic E-state index is 0.248. The average molecular weight is 302 g/mol. The van der Waals surface area contributed by atoms with Gasteiger partial charge in [-0.3, -0.25) is 4.79 Å². The van der Waals surface area contributed by atoms with Crippen LogP contribution in [0.25, 0.3) is 0 Å². The molecule has 0 aliphatic rings. The van der Waals surface area contributed by atoms with E-state index in [1.807, 2.05) is 0 Å². The van der Waals surface area contributed by atoms with Gasteiger partial charge in [-0.2, -0.15) is 4.68 Å². The Labute approximate surface area is 115 Å². The van der Waals surface area contributed by atoms with Gasteiger partial charge in [0, 0.05) is 0 Å². The number of aromatic nitrogens is 2. The van der Waals surface area contributed by atoms with Gasteiger partial charge in [-0.1, -0.05) is 11.6 Å². The van der Waals surface area contributed by atoms with Gasteiger partial charge in [-0.05, 0) is 23.1 Å². The first kappa shape index (κ1) is 14.1. The van der Waals surface area contributed by atoms with Gasteiger partial charge in [0.25, 0.3) is 0 Å². The Morgan fingerprint density at radius 3 is 2.75 bits per heavy atom. The van der Waals surface area contributed by atoms with Gasteiger partial charge in [-0.25, -0.2) is 8.78 Å². The summed E-state index contributed by atoms with van der Waals surface area (Å²) in [5, 5.41) is 13.8. The summed E-state index contributed by atoms with van der Waals surface area (Å²) in [6.07, 6.45) is 1.06. The number of halogens is 3. The zero-order chi connectivity index (χ0) is 14.9. The molecule has 0 N–H and O–H groups in total. The number of hydrogen-bond donors (Lipinski definition) is 0. The van der Waals surface area contributed by atoms with Crippen LogP contribution >= 0.6 is 11.6 Å². The predicted molar refractivity (Wildman–Crippen MR) is 64.6 cm³/mol. The average Bonchev–Trinajstić information content (AvgIpc) is 2.73. The van der Waals surface area contributed by atoms with E-state index >= 15 is 0 Å². The lowest BCUT2D eigenvalue weighted by atomic mass is 10.1. The fourth-order valence-electron chi connectivity index (χ4n) is 1.54. The fraction of sp³-hybridized carbons (Fsp3) is 0.0909. The van der Waals surface area contributed by atoms with Crippen LogP contribution in [-0.4, -0.2) is 20.5 Å². The van der Waals surface area contributed by atoms with Crippen LogP contribution in [0.15, 0.2) is 24.4 Å². The number of Topliss-reactive ketones (excluding diaryl/α,β-unsaturated/α-hetero) is 1. The van der Waals surface area contributed by atoms with Crippen LogP contribution < -0.4 is 0 Å². The molecule has 6 nitrogen and oxygen atoms in total. The lowest BCUT2D eigenvalue weighted by molar-refractivity contribution is -0.389. The van der Waals surface area contributed by atoms with Crippen LogP contribution in [0.3, 0.4) is 0 Å². The zero-order valence-electron chi connectivity index (χ0n) is 9.72. The number of hydrogen-bond acceptors (Lipinski definition) is 4. The number of carbonyl (C=O) groups is 1. The van der Waals surface area contributed by atoms with Gasteiger partial charge in [0.1, 0.15) is 18.2 Å². The maximum absolute atomic E-state index is 13.4. The summed E-state index contributed by atoms with van der Waals surface area (Å²) in [7, 11) is 0. The molecular weight excluding hydrogens is 296 g/mol. The fourth-order valence-corrected chi connectivity index (χ4v) is 1.75. The Hall–Kier alpha value is -2.35. The number of rotatable bonds is 4. The molecule has 0 amide bonds. The second-order valence-electron chi connectivity index (χ2n) is 3.80. The van der Waals surface area contributed by atoms with Gasteiger partial charge in [-0.15, -0.1) is 0 Å². The zero-order valence-corrected chi connectivity index (χ0v) is 10.5. The van der Waals surface area contributed by atoms with Gasteiger partial charge in [0.05, 0.1) is 16.9 Å². The molecule has 0 aliphatic carbocycles. The summed E-state index contributed by atoms with van der Waals surface area (Å²) < 4.78 is 27.2. The van der Waals surface area contributed by atoms with E-state index in [1.54, 1.807) is 0 Å². The molecule has 0 bridgehead atoms. The van der Waals surface area contributed by atoms with E-state index in [0.717, 1.165) is 29.1 Å². The number of carbonyl (C=O) groups excluding carboxylic acids is 1. The molecule has 2 rings (SSSR count). The largest absolute Gasteiger partial charge is 0.408 e. The molecule has 0 aliphatic heterocycles. The standard InChI is InChI=1S/C11H6ClF2N3O3/c12-8-4-16(15-11(8)17(19)20)5-10(18)7-3-6(13)1-2-9(7)14/h1-4H,5H2. The van der Waals surface area contributed by atoms with Crippen molar-refractivity contribution in [2.45, 2.75) is 6.54 Å². The normalized spacial score (nSPS) is 10.6. The first-order valence-electron chi connectivity index (χ1n) is 5.24. The molecule has 9 heteroatoms. The Morgan fingerprint density at radius 1 is 1.45 bits per heavy atom. The van der Waals surface area contributed by atoms with Gasteiger partial charge >= 0.3 is 5.82 Å². The molecule has 104 valence electrons. The highest BCUT2D eigenvalue weighted by Crippen LogP contribution is 2.21. The molecule has 2 aromatic rings. The Balaban J connectivity index is 2.26. The van der Waals surface area contributed by atoms with Crippen molar-refractivity contribution in [1.29, 1.82) is 0 Å². The highest BCUT2D eigenvalue weighted by atomic mass is 35.5. The van der Waals surface area contributed by atoms with E-state index < -0.39 is 40.3 Å². The molecule has 1 heterocycles. The molecule has 0 saturated carbocycles. The van der Waals surface area contributed by atoms with Crippen LogP contribution in [0.2, 0.25) is 5.02 Å². The Morgan fingerprint density at radius 2 is 2.15 bits per heavy atom. The number of ketones is 1. The van der Waals surface area contributed by atoms with Crippen LogP contribution in [0, 0.1) is 21.7 Å². The van der Waals surface area contributed by atoms with Crippen LogP contribution in [0.5, 0.6) is 0 Å². The van der Waals surface area contributed by atoms with Crippen LogP contribution in [-0.2, 0) is 6.54 Å². The van der Waals surface area contributed by atoms with Gasteiger partial charge in [0.2, 0.25) is 0 Å². The summed E-state index contributed by atoms with van der Waals surface area (Å²) in [6.45, 7) is -0.492. The monoisotopic (exact) mass is 301 g/mol. The Bertz CT molecular complexity index is 702. The minimum atomic E-state index is -0.885. The molecular formula is C11H6ClF2N3O3. The first-order chi connectivity index (χ1) is 9.38. The first-order valence-corrected chi connectivity index (χ1v) is 5.62. The van der Waals surface area contributed by atoms with E-state index in [-0.39, 0.29) is 5.02 Å². The number of nitrogens with zero attached hydrogens (tertiary/aromatic N) is 3. The molecule has 1 aromatic heterocycles. The van der Waals surface area contributed by atoms with Gasteiger partial charge in [0.15, 0.2) is 10.8 Å². The second kappa shape index (κ2) is 5.33. The van der Waals surface area contributed by atoms with E-state index in [9.17, 15) is 23.7 Å². The quantitative estimate of drug-likeness (QED) is 0.494. The van der Waals surface area contributed by atoms with Crippen molar-refractivity contribution in [2.75, 3.05) is 0 Å². The van der Waals surface area contributed by atoms with E-state index in [2.05, 4.69) is 5.10 Å². The van der Waals surface area contributed by atoms with E-state index in [1.165, 1.54) is 0 Å². The molecule has 20 heavy (non-hydrogen) atoms. The summed E-state index contributed by atoms with van der Waals surface area (Å²) in [5.41, 5.74) is -0.459. The lowest BCUT2D eigenvalue weighted by Crippen LogP contribution is -2.13. The van der Waals surface area contributed by atoms with Gasteiger partial charge < -0.3 is 10.1 Å². The topological polar surface area (TPSA) is 78.0 Å². The second-order valence-corrected chi connectivity index (χ2v) is 4.21. The molecule has 0 spiro atoms. The molecule has 0 fully saturated rings. The summed E-state index contributed by atoms with van der Waals surface area (Å²) in [4.78, 5) is 21.5. The third-order valence-electron chi connectivity index (χ3n) is 2.41. The SMILES string of the molecule is O=C(Cn1cc(Cl)c([N+](=O)[O-])n1)c1cc(F)ccc1F. The summed E-state index contributed by atoms with van der Waals surface area (Å²) in [6, 6.07) is 2.44. The van der Waals surface area contributed by atoms with Crippen molar-refractivity contribution in [2.24, 2.45) is 0 Å². The molecule has 0 atom stereocenters. The lowest BCUT2D eigenvalue weighted by Gasteiger charge is -2.01. The highest BCUT2D eigenvalue weighted by molar-refractivity contribution is 6.32. The highest BCUT2D eigenvalue weighted by Gasteiger charge is 2.22. The smallest absolute Gasteiger partial charge is 0.358 e. The predicted octanol–water partition coefficient (Wildman–Crippen LogP) is 2.61. The molecule has 1 aromatic carbocycles. The maximum atomic E-state index is 13.4. The third-order valence-corrected chi connectivity index (χ3v) is 2.67. The minimum Gasteiger partial charge on any atom is -0.358 e. The van der Waals surface area contributed by atoms with Crippen molar-refractivity contribution in [3.8, 4) is 0 Å². The van der Waals surface area contributed by atoms with Crippen molar-refractivity contribution in [3.63, 3.8) is 0 Å². The maximum Gasteiger partial charge on any atom is 0.408 e. The number of benzene rings is 1. The summed E-state index contributed by atoms with van der Waals surface area (Å²) in [5.74, 6) is -3.04. The Kier molecular flexibility index (Phi) is 3.75. The van der Waals surface area contributed by atoms with Crippen molar-refractivity contribution in [3.05, 3.63) is 56.7 Å². The number of nitro groups is 1. The van der Waals surface area contributed by atoms with Crippen molar-refractivity contribution >= 4 is 23.2 Å². The van der Waals surface area contributed by atoms with Crippen molar-refractivity contribution < 1.29 is 18.5 Å². The molecule has 0 unspecified atom stereocenters. The molecule has 0 saturated heterocycles. The van der Waals surface area contributed by atoms with Crippen molar-refractivity contribution in [1.82, 2.24) is 9.78 Å². The van der Waals surface area contributed by atoms with E-state index in [0.29, 0.717) is 0 Å². The molecule has 0 radical (unpaired) electrons. The summed E-state index contributed by atoms with van der Waals surface area (Å²) >= 11 is 5.56. The van der Waals surface area contributed by atoms with Crippen LogP contribution in [0.4, 0.5) is 14.6 Å². The van der Waals surface area contributed by atoms with E-state index in [4.69, 9.17) is 11.6 Å². The van der Waals surface area contributed by atoms with Crippen LogP contribution in [0.1, 0.15) is 10.4 Å². The third kappa shape index (κ3) is 2.80.